The molecule has 0 saturated heterocycles. The molecule has 0 bridgehead atoms. The monoisotopic (exact) mass is 211 g/mol. The molecule has 0 unspecified atom stereocenters. The van der Waals surface area contributed by atoms with Crippen LogP contribution in [0.3, 0.4) is 0 Å². The minimum absolute atomic E-state index is 0.0767. The van der Waals surface area contributed by atoms with E-state index >= 15 is 0 Å². The molecule has 15 heavy (non-hydrogen) atoms. The lowest BCUT2D eigenvalue weighted by Crippen LogP contribution is -2.04. The van der Waals surface area contributed by atoms with Gasteiger partial charge in [-0.1, -0.05) is 0 Å². The van der Waals surface area contributed by atoms with E-state index in [0.717, 1.165) is 5.56 Å². The van der Waals surface area contributed by atoms with Gasteiger partial charge < -0.3 is 14.6 Å². The van der Waals surface area contributed by atoms with Crippen molar-refractivity contribution in [1.29, 1.82) is 0 Å². The maximum Gasteiger partial charge on any atom is 0.303 e. The minimum atomic E-state index is -0.829. The number of rotatable bonds is 6. The van der Waals surface area contributed by atoms with Crippen LogP contribution >= 0.6 is 0 Å². The Labute approximate surface area is 87.7 Å². The van der Waals surface area contributed by atoms with Gasteiger partial charge in [0.1, 0.15) is 5.75 Å². The van der Waals surface area contributed by atoms with E-state index in [1.54, 1.807) is 18.5 Å². The fourth-order valence-corrected chi connectivity index (χ4v) is 1.11. The molecule has 1 aromatic rings. The Morgan fingerprint density at radius 2 is 2.40 bits per heavy atom. The summed E-state index contributed by atoms with van der Waals surface area (Å²) in [4.78, 5) is 14.3. The second-order valence-corrected chi connectivity index (χ2v) is 2.93. The number of aromatic nitrogens is 1. The largest absolute Gasteiger partial charge is 0.481 e. The van der Waals surface area contributed by atoms with Gasteiger partial charge in [-0.05, 0) is 18.1 Å². The predicted octanol–water partition coefficient (Wildman–Crippen LogP) is 1.08. The molecule has 0 aromatic carbocycles. The third kappa shape index (κ3) is 3.95. The van der Waals surface area contributed by atoms with Gasteiger partial charge >= 0.3 is 5.97 Å². The minimum Gasteiger partial charge on any atom is -0.481 e. The molecule has 0 aliphatic heterocycles. The maximum absolute atomic E-state index is 10.4. The average molecular weight is 211 g/mol. The van der Waals surface area contributed by atoms with E-state index in [0.29, 0.717) is 12.2 Å². The molecule has 0 amide bonds. The highest BCUT2D eigenvalue weighted by atomic mass is 16.7. The first-order valence-electron chi connectivity index (χ1n) is 4.50. The number of hydrogen-bond acceptors (Lipinski definition) is 4. The van der Waals surface area contributed by atoms with Gasteiger partial charge in [-0.2, -0.15) is 0 Å². The Hall–Kier alpha value is -1.62. The van der Waals surface area contributed by atoms with Crippen molar-refractivity contribution in [1.82, 2.24) is 4.98 Å². The third-order valence-corrected chi connectivity index (χ3v) is 1.81. The fraction of sp³-hybridized carbons (Fsp3) is 0.400. The third-order valence-electron chi connectivity index (χ3n) is 1.81. The van der Waals surface area contributed by atoms with Crippen LogP contribution in [0.5, 0.6) is 5.75 Å². The zero-order valence-corrected chi connectivity index (χ0v) is 8.47. The molecular weight excluding hydrogens is 198 g/mol. The molecule has 0 aliphatic rings. The van der Waals surface area contributed by atoms with E-state index in [9.17, 15) is 4.79 Å². The normalized spacial score (nSPS) is 9.93. The van der Waals surface area contributed by atoms with Crippen molar-refractivity contribution in [3.63, 3.8) is 0 Å². The highest BCUT2D eigenvalue weighted by molar-refractivity contribution is 5.67. The number of hydrogen-bond donors (Lipinski definition) is 1. The average Bonchev–Trinajstić information content (AvgIpc) is 2.24. The predicted molar refractivity (Wildman–Crippen MR) is 52.7 cm³/mol. The van der Waals surface area contributed by atoms with E-state index in [1.165, 1.54) is 7.11 Å². The number of ether oxygens (including phenoxy) is 2. The first kappa shape index (κ1) is 11.5. The van der Waals surface area contributed by atoms with Crippen molar-refractivity contribution in [3.8, 4) is 5.75 Å². The summed E-state index contributed by atoms with van der Waals surface area (Å²) in [5, 5.41) is 8.56. The Morgan fingerprint density at radius 3 is 3.07 bits per heavy atom. The zero-order chi connectivity index (χ0) is 11.1. The summed E-state index contributed by atoms with van der Waals surface area (Å²) in [6.07, 6.45) is 3.66. The fourth-order valence-electron chi connectivity index (χ4n) is 1.11. The standard InChI is InChI=1S/C10H13NO4/c1-14-7-15-9-6-11-5-4-8(9)2-3-10(12)13/h4-6H,2-3,7H2,1H3,(H,12,13). The number of carboxylic acids is 1. The van der Waals surface area contributed by atoms with E-state index in [1.807, 2.05) is 0 Å². The molecule has 0 spiro atoms. The first-order valence-corrected chi connectivity index (χ1v) is 4.50. The molecule has 0 radical (unpaired) electrons. The first-order chi connectivity index (χ1) is 7.24. The summed E-state index contributed by atoms with van der Waals surface area (Å²) >= 11 is 0. The van der Waals surface area contributed by atoms with Crippen molar-refractivity contribution in [2.24, 2.45) is 0 Å². The summed E-state index contributed by atoms with van der Waals surface area (Å²) in [6, 6.07) is 1.74. The van der Waals surface area contributed by atoms with Crippen LogP contribution in [-0.2, 0) is 16.0 Å². The number of pyridine rings is 1. The van der Waals surface area contributed by atoms with Crippen LogP contribution in [0.25, 0.3) is 0 Å². The molecule has 0 atom stereocenters. The molecule has 5 heteroatoms. The van der Waals surface area contributed by atoms with Crippen LogP contribution in [0.4, 0.5) is 0 Å². The van der Waals surface area contributed by atoms with Crippen LogP contribution < -0.4 is 4.74 Å². The van der Waals surface area contributed by atoms with E-state index in [-0.39, 0.29) is 13.2 Å². The Bertz CT molecular complexity index is 327. The summed E-state index contributed by atoms with van der Waals surface area (Å²) < 4.78 is 10.0. The van der Waals surface area contributed by atoms with Crippen molar-refractivity contribution < 1.29 is 19.4 Å². The summed E-state index contributed by atoms with van der Waals surface area (Å²) in [6.45, 7) is 0.131. The number of carbonyl (C=O) groups is 1. The molecule has 0 saturated carbocycles. The van der Waals surface area contributed by atoms with Crippen LogP contribution in [0, 0.1) is 0 Å². The molecule has 1 heterocycles. The Balaban J connectivity index is 2.63. The molecule has 1 aromatic heterocycles. The molecule has 82 valence electrons. The lowest BCUT2D eigenvalue weighted by molar-refractivity contribution is -0.136. The molecule has 1 rings (SSSR count). The van der Waals surface area contributed by atoms with E-state index < -0.39 is 5.97 Å². The van der Waals surface area contributed by atoms with Gasteiger partial charge in [-0.25, -0.2) is 0 Å². The van der Waals surface area contributed by atoms with Crippen molar-refractivity contribution >= 4 is 5.97 Å². The number of aryl methyl sites for hydroxylation is 1. The van der Waals surface area contributed by atoms with Gasteiger partial charge in [0.25, 0.3) is 0 Å². The van der Waals surface area contributed by atoms with E-state index in [4.69, 9.17) is 14.6 Å². The van der Waals surface area contributed by atoms with Crippen molar-refractivity contribution in [2.45, 2.75) is 12.8 Å². The molecular formula is C10H13NO4. The maximum atomic E-state index is 10.4. The second-order valence-electron chi connectivity index (χ2n) is 2.93. The quantitative estimate of drug-likeness (QED) is 0.713. The summed E-state index contributed by atoms with van der Waals surface area (Å²) in [5.74, 6) is -0.259. The van der Waals surface area contributed by atoms with Gasteiger partial charge in [-0.3, -0.25) is 9.78 Å². The molecule has 5 nitrogen and oxygen atoms in total. The smallest absolute Gasteiger partial charge is 0.303 e. The number of nitrogens with zero attached hydrogens (tertiary/aromatic N) is 1. The van der Waals surface area contributed by atoms with Crippen LogP contribution in [0.15, 0.2) is 18.5 Å². The topological polar surface area (TPSA) is 68.7 Å². The summed E-state index contributed by atoms with van der Waals surface area (Å²) in [5.41, 5.74) is 0.824. The highest BCUT2D eigenvalue weighted by Crippen LogP contribution is 2.17. The molecule has 0 fully saturated rings. The van der Waals surface area contributed by atoms with Gasteiger partial charge in [0.2, 0.25) is 0 Å². The number of aliphatic carboxylic acids is 1. The number of carboxylic acid groups (broad SMARTS) is 1. The van der Waals surface area contributed by atoms with Gasteiger partial charge in [0.15, 0.2) is 6.79 Å². The Kier molecular flexibility index (Phi) is 4.56. The number of methoxy groups -OCH3 is 1. The van der Waals surface area contributed by atoms with Gasteiger partial charge in [0, 0.05) is 19.7 Å². The van der Waals surface area contributed by atoms with Crippen molar-refractivity contribution in [2.75, 3.05) is 13.9 Å². The van der Waals surface area contributed by atoms with Gasteiger partial charge in [0.05, 0.1) is 6.20 Å². The Morgan fingerprint density at radius 1 is 1.60 bits per heavy atom. The zero-order valence-electron chi connectivity index (χ0n) is 8.47. The van der Waals surface area contributed by atoms with Crippen LogP contribution in [0.1, 0.15) is 12.0 Å². The molecule has 1 N–H and O–H groups in total. The summed E-state index contributed by atoms with van der Waals surface area (Å²) in [7, 11) is 1.52. The lowest BCUT2D eigenvalue weighted by atomic mass is 10.1. The second kappa shape index (κ2) is 5.98. The van der Waals surface area contributed by atoms with Crippen LogP contribution in [0.2, 0.25) is 0 Å². The molecule has 0 aliphatic carbocycles. The van der Waals surface area contributed by atoms with Crippen molar-refractivity contribution in [3.05, 3.63) is 24.0 Å². The van der Waals surface area contributed by atoms with E-state index in [2.05, 4.69) is 4.98 Å². The van der Waals surface area contributed by atoms with Gasteiger partial charge in [-0.15, -0.1) is 0 Å². The lowest BCUT2D eigenvalue weighted by Gasteiger charge is -2.08. The van der Waals surface area contributed by atoms with Crippen LogP contribution in [-0.4, -0.2) is 30.0 Å². The highest BCUT2D eigenvalue weighted by Gasteiger charge is 2.05. The SMILES string of the molecule is COCOc1cnccc1CCC(=O)O.